The molecule has 0 fully saturated rings. The van der Waals surface area contributed by atoms with E-state index in [1.54, 1.807) is 0 Å². The highest BCUT2D eigenvalue weighted by atomic mass is 19.3. The number of aliphatic hydroxyl groups is 1. The Balaban J connectivity index is 3.37. The average molecular weight is 291 g/mol. The molecule has 0 aliphatic rings. The molecule has 0 spiro atoms. The van der Waals surface area contributed by atoms with Crippen molar-refractivity contribution >= 4 is 5.69 Å². The summed E-state index contributed by atoms with van der Waals surface area (Å²) in [6.45, 7) is -2.78. The van der Waals surface area contributed by atoms with Crippen LogP contribution in [-0.4, -0.2) is 31.2 Å². The molecule has 0 radical (unpaired) electrons. The third-order valence-corrected chi connectivity index (χ3v) is 2.23. The normalized spacial score (nSPS) is 11.2. The Morgan fingerprint density at radius 2 is 1.26 bits per heavy atom. The lowest BCUT2D eigenvalue weighted by molar-refractivity contribution is 0.152. The molecule has 2 nitrogen and oxygen atoms in total. The summed E-state index contributed by atoms with van der Waals surface area (Å²) in [5, 5.41) is 8.59. The van der Waals surface area contributed by atoms with E-state index in [9.17, 15) is 30.7 Å². The van der Waals surface area contributed by atoms with Gasteiger partial charge in [0.25, 0.3) is 6.43 Å². The Hall–Kier alpha value is -1.51. The molecule has 9 heteroatoms. The van der Waals surface area contributed by atoms with Crippen LogP contribution < -0.4 is 4.90 Å². The molecule has 19 heavy (non-hydrogen) atoms. The lowest BCUT2D eigenvalue weighted by Gasteiger charge is -2.24. The van der Waals surface area contributed by atoms with E-state index in [-0.39, 0.29) is 4.90 Å². The van der Waals surface area contributed by atoms with Crippen molar-refractivity contribution in [2.75, 3.05) is 24.6 Å². The highest BCUT2D eigenvalue weighted by Crippen LogP contribution is 2.30. The first-order chi connectivity index (χ1) is 8.81. The molecule has 0 aliphatic heterocycles. The summed E-state index contributed by atoms with van der Waals surface area (Å²) < 4.78 is 89.7. The molecular weight excluding hydrogens is 283 g/mol. The topological polar surface area (TPSA) is 23.5 Å². The minimum atomic E-state index is -3.08. The average Bonchev–Trinajstić information content (AvgIpc) is 2.34. The van der Waals surface area contributed by atoms with Gasteiger partial charge in [0, 0.05) is 6.54 Å². The van der Waals surface area contributed by atoms with E-state index in [0.29, 0.717) is 0 Å². The molecule has 0 unspecified atom stereocenters. The molecule has 0 heterocycles. The summed E-state index contributed by atoms with van der Waals surface area (Å²) in [5.74, 6) is -11.3. The number of aliphatic hydroxyl groups excluding tert-OH is 1. The molecule has 0 aliphatic carbocycles. The number of halogens is 7. The third kappa shape index (κ3) is 3.09. The molecular formula is C10H8F7NO. The number of benzene rings is 1. The Labute approximate surface area is 103 Å². The van der Waals surface area contributed by atoms with Crippen molar-refractivity contribution in [2.45, 2.75) is 6.43 Å². The first-order valence-corrected chi connectivity index (χ1v) is 4.96. The van der Waals surface area contributed by atoms with E-state index in [0.717, 1.165) is 0 Å². The summed E-state index contributed by atoms with van der Waals surface area (Å²) in [6, 6.07) is 0. The van der Waals surface area contributed by atoms with Crippen LogP contribution in [0.25, 0.3) is 0 Å². The number of hydrogen-bond acceptors (Lipinski definition) is 2. The number of anilines is 1. The second-order valence-corrected chi connectivity index (χ2v) is 3.48. The van der Waals surface area contributed by atoms with Crippen molar-refractivity contribution < 1.29 is 35.8 Å². The zero-order chi connectivity index (χ0) is 14.7. The Morgan fingerprint density at radius 1 is 0.842 bits per heavy atom. The molecule has 0 saturated heterocycles. The van der Waals surface area contributed by atoms with Crippen molar-refractivity contribution in [1.29, 1.82) is 0 Å². The van der Waals surface area contributed by atoms with E-state index >= 15 is 0 Å². The SMILES string of the molecule is OCCN(CC(F)F)c1c(F)c(F)c(F)c(F)c1F. The molecule has 0 bridgehead atoms. The maximum Gasteiger partial charge on any atom is 0.255 e. The van der Waals surface area contributed by atoms with Crippen molar-refractivity contribution in [3.63, 3.8) is 0 Å². The zero-order valence-corrected chi connectivity index (χ0v) is 9.24. The van der Waals surface area contributed by atoms with Gasteiger partial charge in [0.05, 0.1) is 13.2 Å². The van der Waals surface area contributed by atoms with Gasteiger partial charge in [0.2, 0.25) is 5.82 Å². The van der Waals surface area contributed by atoms with Crippen LogP contribution >= 0.6 is 0 Å². The fraction of sp³-hybridized carbons (Fsp3) is 0.400. The van der Waals surface area contributed by atoms with Crippen LogP contribution in [0, 0.1) is 29.1 Å². The fourth-order valence-electron chi connectivity index (χ4n) is 1.45. The van der Waals surface area contributed by atoms with Gasteiger partial charge in [-0.25, -0.2) is 30.7 Å². The fourth-order valence-corrected chi connectivity index (χ4v) is 1.45. The smallest absolute Gasteiger partial charge is 0.255 e. The highest BCUT2D eigenvalue weighted by Gasteiger charge is 2.29. The van der Waals surface area contributed by atoms with E-state index in [1.807, 2.05) is 0 Å². The van der Waals surface area contributed by atoms with Crippen LogP contribution in [0.5, 0.6) is 0 Å². The van der Waals surface area contributed by atoms with Crippen LogP contribution in [-0.2, 0) is 0 Å². The van der Waals surface area contributed by atoms with Crippen molar-refractivity contribution in [3.8, 4) is 0 Å². The summed E-state index contributed by atoms with van der Waals surface area (Å²) in [4.78, 5) is 0.195. The summed E-state index contributed by atoms with van der Waals surface area (Å²) >= 11 is 0. The molecule has 108 valence electrons. The predicted molar refractivity (Wildman–Crippen MR) is 51.5 cm³/mol. The van der Waals surface area contributed by atoms with Crippen LogP contribution in [0.3, 0.4) is 0 Å². The second-order valence-electron chi connectivity index (χ2n) is 3.48. The molecule has 1 aromatic rings. The van der Waals surface area contributed by atoms with E-state index in [1.165, 1.54) is 0 Å². The molecule has 0 saturated carbocycles. The van der Waals surface area contributed by atoms with Crippen LogP contribution in [0.1, 0.15) is 0 Å². The number of rotatable bonds is 5. The maximum atomic E-state index is 13.3. The van der Waals surface area contributed by atoms with Gasteiger partial charge in [0.15, 0.2) is 23.3 Å². The Bertz CT molecular complexity index is 437. The first kappa shape index (κ1) is 15.5. The molecule has 1 N–H and O–H groups in total. The van der Waals surface area contributed by atoms with Crippen LogP contribution in [0.15, 0.2) is 0 Å². The monoisotopic (exact) mass is 291 g/mol. The minimum Gasteiger partial charge on any atom is -0.395 e. The van der Waals surface area contributed by atoms with Gasteiger partial charge in [-0.15, -0.1) is 0 Å². The largest absolute Gasteiger partial charge is 0.395 e. The quantitative estimate of drug-likeness (QED) is 0.512. The van der Waals surface area contributed by atoms with Crippen LogP contribution in [0.4, 0.5) is 36.4 Å². The van der Waals surface area contributed by atoms with E-state index in [4.69, 9.17) is 5.11 Å². The van der Waals surface area contributed by atoms with Gasteiger partial charge in [-0.2, -0.15) is 0 Å². The third-order valence-electron chi connectivity index (χ3n) is 2.23. The van der Waals surface area contributed by atoms with Gasteiger partial charge in [-0.05, 0) is 0 Å². The molecule has 1 rings (SSSR count). The number of nitrogens with zero attached hydrogens (tertiary/aromatic N) is 1. The number of alkyl halides is 2. The summed E-state index contributed by atoms with van der Waals surface area (Å²) in [6.07, 6.45) is -3.08. The molecule has 0 aromatic heterocycles. The van der Waals surface area contributed by atoms with Gasteiger partial charge in [-0.1, -0.05) is 0 Å². The highest BCUT2D eigenvalue weighted by molar-refractivity contribution is 5.50. The van der Waals surface area contributed by atoms with Gasteiger partial charge < -0.3 is 10.0 Å². The summed E-state index contributed by atoms with van der Waals surface area (Å²) in [5.41, 5.74) is -1.48. The summed E-state index contributed by atoms with van der Waals surface area (Å²) in [7, 11) is 0. The van der Waals surface area contributed by atoms with Gasteiger partial charge >= 0.3 is 0 Å². The predicted octanol–water partition coefficient (Wildman–Crippen LogP) is 2.45. The Kier molecular flexibility index (Phi) is 4.98. The molecule has 0 amide bonds. The van der Waals surface area contributed by atoms with E-state index in [2.05, 4.69) is 0 Å². The van der Waals surface area contributed by atoms with Crippen molar-refractivity contribution in [2.24, 2.45) is 0 Å². The first-order valence-electron chi connectivity index (χ1n) is 4.96. The van der Waals surface area contributed by atoms with Crippen LogP contribution in [0.2, 0.25) is 0 Å². The standard InChI is InChI=1S/C10H8F7NO/c11-4(12)3-18(1-2-19)10-8(16)6(14)5(13)7(15)9(10)17/h4,19H,1-3H2. The Morgan fingerprint density at radius 3 is 1.63 bits per heavy atom. The van der Waals surface area contributed by atoms with Crippen molar-refractivity contribution in [1.82, 2.24) is 0 Å². The zero-order valence-electron chi connectivity index (χ0n) is 9.24. The van der Waals surface area contributed by atoms with E-state index < -0.39 is 60.9 Å². The van der Waals surface area contributed by atoms with Gasteiger partial charge in [-0.3, -0.25) is 0 Å². The lowest BCUT2D eigenvalue weighted by Crippen LogP contribution is -2.33. The number of hydrogen-bond donors (Lipinski definition) is 1. The lowest BCUT2D eigenvalue weighted by atomic mass is 10.2. The molecule has 0 atom stereocenters. The minimum absolute atomic E-state index is 0.195. The van der Waals surface area contributed by atoms with Crippen molar-refractivity contribution in [3.05, 3.63) is 29.1 Å². The second kappa shape index (κ2) is 6.09. The maximum absolute atomic E-state index is 13.3. The molecule has 1 aromatic carbocycles. The van der Waals surface area contributed by atoms with Gasteiger partial charge in [0.1, 0.15) is 5.69 Å².